The third-order valence-corrected chi connectivity index (χ3v) is 2.40. The van der Waals surface area contributed by atoms with Gasteiger partial charge in [0.1, 0.15) is 17.6 Å². The van der Waals surface area contributed by atoms with Gasteiger partial charge in [-0.2, -0.15) is 0 Å². The largest absolute Gasteiger partial charge is 0.472 e. The molecule has 0 aliphatic rings. The maximum atomic E-state index is 5.95. The highest BCUT2D eigenvalue weighted by Gasteiger charge is 2.12. The van der Waals surface area contributed by atoms with E-state index in [-0.39, 0.29) is 6.10 Å². The Kier molecular flexibility index (Phi) is 5.49. The molecule has 1 rings (SSSR count). The van der Waals surface area contributed by atoms with E-state index in [0.717, 1.165) is 12.0 Å². The average Bonchev–Trinajstić information content (AvgIpc) is 2.27. The molecule has 16 heavy (non-hydrogen) atoms. The number of halogens is 1. The molecule has 0 radical (unpaired) electrons. The van der Waals surface area contributed by atoms with E-state index in [1.54, 1.807) is 0 Å². The Morgan fingerprint density at radius 2 is 2.12 bits per heavy atom. The lowest BCUT2D eigenvalue weighted by Crippen LogP contribution is -2.20. The van der Waals surface area contributed by atoms with Gasteiger partial charge in [0, 0.05) is 6.61 Å². The molecule has 1 unspecified atom stereocenters. The molecular formula is C11H17ClN2O2. The Balaban J connectivity index is 2.69. The van der Waals surface area contributed by atoms with Crippen molar-refractivity contribution in [2.24, 2.45) is 0 Å². The molecular weight excluding hydrogens is 228 g/mol. The predicted octanol–water partition coefficient (Wildman–Crippen LogP) is 2.50. The van der Waals surface area contributed by atoms with E-state index in [1.807, 2.05) is 20.8 Å². The van der Waals surface area contributed by atoms with Crippen LogP contribution in [-0.2, 0) is 11.2 Å². The first-order valence-corrected chi connectivity index (χ1v) is 5.80. The first-order chi connectivity index (χ1) is 7.69. The third-order valence-electron chi connectivity index (χ3n) is 2.08. The SMILES string of the molecule is CCOCC(C)Oc1ncnc(Cl)c1CC. The molecule has 1 aromatic rings. The summed E-state index contributed by atoms with van der Waals surface area (Å²) in [7, 11) is 0. The number of aromatic nitrogens is 2. The molecule has 5 heteroatoms. The molecule has 90 valence electrons. The van der Waals surface area contributed by atoms with Gasteiger partial charge in [-0.1, -0.05) is 18.5 Å². The summed E-state index contributed by atoms with van der Waals surface area (Å²) in [5.41, 5.74) is 0.840. The quantitative estimate of drug-likeness (QED) is 0.722. The van der Waals surface area contributed by atoms with Crippen molar-refractivity contribution in [3.8, 4) is 5.88 Å². The summed E-state index contributed by atoms with van der Waals surface area (Å²) in [6.07, 6.45) is 2.11. The lowest BCUT2D eigenvalue weighted by atomic mass is 10.2. The molecule has 0 aliphatic carbocycles. The predicted molar refractivity (Wildman–Crippen MR) is 63.0 cm³/mol. The van der Waals surface area contributed by atoms with Gasteiger partial charge in [0.2, 0.25) is 5.88 Å². The van der Waals surface area contributed by atoms with Gasteiger partial charge in [0.05, 0.1) is 12.2 Å². The fraction of sp³-hybridized carbons (Fsp3) is 0.636. The Bertz CT molecular complexity index is 334. The normalized spacial score (nSPS) is 12.5. The lowest BCUT2D eigenvalue weighted by Gasteiger charge is -2.15. The van der Waals surface area contributed by atoms with Crippen molar-refractivity contribution in [2.75, 3.05) is 13.2 Å². The summed E-state index contributed by atoms with van der Waals surface area (Å²) in [6, 6.07) is 0. The summed E-state index contributed by atoms with van der Waals surface area (Å²) in [5.74, 6) is 0.551. The van der Waals surface area contributed by atoms with Crippen LogP contribution in [0.1, 0.15) is 26.3 Å². The van der Waals surface area contributed by atoms with E-state index in [1.165, 1.54) is 6.33 Å². The topological polar surface area (TPSA) is 44.2 Å². The van der Waals surface area contributed by atoms with Crippen molar-refractivity contribution in [3.63, 3.8) is 0 Å². The molecule has 0 spiro atoms. The molecule has 0 fully saturated rings. The molecule has 1 atom stereocenters. The molecule has 0 saturated carbocycles. The van der Waals surface area contributed by atoms with E-state index in [0.29, 0.717) is 24.2 Å². The highest BCUT2D eigenvalue weighted by atomic mass is 35.5. The Labute approximate surface area is 101 Å². The number of nitrogens with zero attached hydrogens (tertiary/aromatic N) is 2. The molecule has 4 nitrogen and oxygen atoms in total. The second-order valence-electron chi connectivity index (χ2n) is 3.39. The minimum absolute atomic E-state index is 0.0452. The van der Waals surface area contributed by atoms with Crippen molar-refractivity contribution in [1.29, 1.82) is 0 Å². The molecule has 0 amide bonds. The molecule has 1 aromatic heterocycles. The first-order valence-electron chi connectivity index (χ1n) is 5.42. The number of hydrogen-bond acceptors (Lipinski definition) is 4. The van der Waals surface area contributed by atoms with Crippen LogP contribution in [0.3, 0.4) is 0 Å². The fourth-order valence-electron chi connectivity index (χ4n) is 1.28. The van der Waals surface area contributed by atoms with Gasteiger partial charge in [-0.15, -0.1) is 0 Å². The maximum Gasteiger partial charge on any atom is 0.221 e. The van der Waals surface area contributed by atoms with Gasteiger partial charge in [-0.05, 0) is 20.3 Å². The highest BCUT2D eigenvalue weighted by Crippen LogP contribution is 2.22. The third kappa shape index (κ3) is 3.61. The minimum atomic E-state index is -0.0452. The van der Waals surface area contributed by atoms with E-state index < -0.39 is 0 Å². The molecule has 0 bridgehead atoms. The first kappa shape index (κ1) is 13.2. The number of ether oxygens (including phenoxy) is 2. The second kappa shape index (κ2) is 6.66. The van der Waals surface area contributed by atoms with Gasteiger partial charge >= 0.3 is 0 Å². The van der Waals surface area contributed by atoms with Crippen molar-refractivity contribution >= 4 is 11.6 Å². The van der Waals surface area contributed by atoms with E-state index in [9.17, 15) is 0 Å². The molecule has 0 saturated heterocycles. The fourth-order valence-corrected chi connectivity index (χ4v) is 1.54. The lowest BCUT2D eigenvalue weighted by molar-refractivity contribution is 0.0627. The van der Waals surface area contributed by atoms with Crippen LogP contribution in [0, 0.1) is 0 Å². The maximum absolute atomic E-state index is 5.95. The summed E-state index contributed by atoms with van der Waals surface area (Å²) >= 11 is 5.95. The Morgan fingerprint density at radius 1 is 1.38 bits per heavy atom. The van der Waals surface area contributed by atoms with Gasteiger partial charge < -0.3 is 9.47 Å². The summed E-state index contributed by atoms with van der Waals surface area (Å²) < 4.78 is 10.9. The van der Waals surface area contributed by atoms with Gasteiger partial charge in [0.25, 0.3) is 0 Å². The van der Waals surface area contributed by atoms with Crippen LogP contribution in [0.25, 0.3) is 0 Å². The minimum Gasteiger partial charge on any atom is -0.472 e. The Morgan fingerprint density at radius 3 is 2.75 bits per heavy atom. The van der Waals surface area contributed by atoms with Crippen LogP contribution in [0.15, 0.2) is 6.33 Å². The van der Waals surface area contributed by atoms with Crippen LogP contribution in [0.5, 0.6) is 5.88 Å². The average molecular weight is 245 g/mol. The molecule has 0 aliphatic heterocycles. The van der Waals surface area contributed by atoms with Crippen molar-refractivity contribution in [3.05, 3.63) is 17.0 Å². The van der Waals surface area contributed by atoms with Crippen molar-refractivity contribution in [2.45, 2.75) is 33.3 Å². The standard InChI is InChI=1S/C11H17ClN2O2/c1-4-9-10(12)13-7-14-11(9)16-8(3)6-15-5-2/h7-8H,4-6H2,1-3H3. The summed E-state index contributed by atoms with van der Waals surface area (Å²) in [6.45, 7) is 7.10. The second-order valence-corrected chi connectivity index (χ2v) is 3.75. The van der Waals surface area contributed by atoms with Crippen LogP contribution in [0.2, 0.25) is 5.15 Å². The zero-order chi connectivity index (χ0) is 12.0. The monoisotopic (exact) mass is 244 g/mol. The number of rotatable bonds is 6. The molecule has 0 aromatic carbocycles. The van der Waals surface area contributed by atoms with E-state index in [2.05, 4.69) is 9.97 Å². The zero-order valence-corrected chi connectivity index (χ0v) is 10.6. The van der Waals surface area contributed by atoms with E-state index in [4.69, 9.17) is 21.1 Å². The van der Waals surface area contributed by atoms with Crippen LogP contribution >= 0.6 is 11.6 Å². The van der Waals surface area contributed by atoms with Gasteiger partial charge in [-0.3, -0.25) is 0 Å². The van der Waals surface area contributed by atoms with Gasteiger partial charge in [-0.25, -0.2) is 9.97 Å². The zero-order valence-electron chi connectivity index (χ0n) is 9.86. The number of hydrogen-bond donors (Lipinski definition) is 0. The Hall–Kier alpha value is -0.870. The summed E-state index contributed by atoms with van der Waals surface area (Å²) in [4.78, 5) is 8.01. The van der Waals surface area contributed by atoms with E-state index >= 15 is 0 Å². The van der Waals surface area contributed by atoms with Crippen LogP contribution in [-0.4, -0.2) is 29.3 Å². The molecule has 0 N–H and O–H groups in total. The van der Waals surface area contributed by atoms with Crippen molar-refractivity contribution in [1.82, 2.24) is 9.97 Å². The smallest absolute Gasteiger partial charge is 0.221 e. The summed E-state index contributed by atoms with van der Waals surface area (Å²) in [5, 5.41) is 0.455. The highest BCUT2D eigenvalue weighted by molar-refractivity contribution is 6.30. The van der Waals surface area contributed by atoms with Crippen LogP contribution in [0.4, 0.5) is 0 Å². The van der Waals surface area contributed by atoms with Crippen LogP contribution < -0.4 is 4.74 Å². The van der Waals surface area contributed by atoms with Crippen molar-refractivity contribution < 1.29 is 9.47 Å². The van der Waals surface area contributed by atoms with Gasteiger partial charge in [0.15, 0.2) is 0 Å². The molecule has 1 heterocycles.